The first-order valence-electron chi connectivity index (χ1n) is 16.1. The molecule has 0 aliphatic carbocycles. The van der Waals surface area contributed by atoms with Gasteiger partial charge in [0.05, 0.1) is 12.5 Å². The molecule has 0 bridgehead atoms. The van der Waals surface area contributed by atoms with Gasteiger partial charge < -0.3 is 20.7 Å². The third-order valence-electron chi connectivity index (χ3n) is 8.52. The van der Waals surface area contributed by atoms with Gasteiger partial charge in [-0.2, -0.15) is 0 Å². The summed E-state index contributed by atoms with van der Waals surface area (Å²) in [5, 5.41) is 11.0. The average molecular weight is 612 g/mol. The van der Waals surface area contributed by atoms with Crippen molar-refractivity contribution in [3.05, 3.63) is 83.9 Å². The number of nitrogens with one attached hydrogen (secondary N) is 3. The Hall–Kier alpha value is -4.33. The molecule has 0 unspecified atom stereocenters. The SMILES string of the molecule is CC(C)C[C@H](CC(=O)[C@H](Cc1cccc2ccccc12)NC(=O)Cc1ccccc1)C(=O)N[C@H](CCC=O)C[C@@H]1CCNC1=O. The molecular formula is C37H45N3O5. The summed E-state index contributed by atoms with van der Waals surface area (Å²) >= 11 is 0. The number of hydrogen-bond acceptors (Lipinski definition) is 5. The number of ketones is 1. The highest BCUT2D eigenvalue weighted by atomic mass is 16.2. The van der Waals surface area contributed by atoms with Crippen LogP contribution in [0.5, 0.6) is 0 Å². The monoisotopic (exact) mass is 611 g/mol. The van der Waals surface area contributed by atoms with Crippen molar-refractivity contribution in [2.45, 2.75) is 77.3 Å². The van der Waals surface area contributed by atoms with Gasteiger partial charge in [-0.25, -0.2) is 0 Å². The largest absolute Gasteiger partial charge is 0.356 e. The van der Waals surface area contributed by atoms with Crippen molar-refractivity contribution in [2.75, 3.05) is 6.54 Å². The molecule has 0 aromatic heterocycles. The smallest absolute Gasteiger partial charge is 0.225 e. The van der Waals surface area contributed by atoms with Crippen LogP contribution in [0.3, 0.4) is 0 Å². The van der Waals surface area contributed by atoms with Crippen LogP contribution in [0.4, 0.5) is 0 Å². The van der Waals surface area contributed by atoms with Gasteiger partial charge in [-0.05, 0) is 53.5 Å². The molecule has 3 amide bonds. The van der Waals surface area contributed by atoms with Gasteiger partial charge in [0, 0.05) is 43.7 Å². The van der Waals surface area contributed by atoms with Crippen molar-refractivity contribution < 1.29 is 24.0 Å². The first kappa shape index (κ1) is 33.6. The maximum Gasteiger partial charge on any atom is 0.225 e. The molecule has 8 heteroatoms. The van der Waals surface area contributed by atoms with E-state index in [0.29, 0.717) is 38.6 Å². The third kappa shape index (κ3) is 10.1. The topological polar surface area (TPSA) is 121 Å². The summed E-state index contributed by atoms with van der Waals surface area (Å²) in [5.41, 5.74) is 1.79. The van der Waals surface area contributed by atoms with Crippen molar-refractivity contribution in [3.8, 4) is 0 Å². The first-order chi connectivity index (χ1) is 21.7. The summed E-state index contributed by atoms with van der Waals surface area (Å²) in [4.78, 5) is 64.4. The number of carbonyl (C=O) groups excluding carboxylic acids is 5. The first-order valence-corrected chi connectivity index (χ1v) is 16.1. The molecule has 3 aromatic carbocycles. The fourth-order valence-electron chi connectivity index (χ4n) is 6.25. The van der Waals surface area contributed by atoms with Crippen LogP contribution in [0.25, 0.3) is 10.8 Å². The minimum Gasteiger partial charge on any atom is -0.356 e. The maximum atomic E-state index is 14.1. The minimum atomic E-state index is -0.817. The van der Waals surface area contributed by atoms with Gasteiger partial charge in [0.2, 0.25) is 17.7 Å². The van der Waals surface area contributed by atoms with Gasteiger partial charge in [0.1, 0.15) is 6.29 Å². The number of fused-ring (bicyclic) bond motifs is 1. The number of benzene rings is 3. The van der Waals surface area contributed by atoms with Crippen LogP contribution in [0.15, 0.2) is 72.8 Å². The standard InChI is InChI=1S/C37H45N3O5/c1-25(2)20-30(37(45)39-31(15-9-19-41)22-29-17-18-38-36(29)44)24-34(42)33(40-35(43)21-26-10-4-3-5-11-26)23-28-14-8-13-27-12-6-7-16-32(27)28/h3-8,10-14,16,19,25,29-31,33H,9,15,17-18,20-24H2,1-2H3,(H,38,44)(H,39,45)(H,40,43)/t29-,30+,31+,33-/m0/s1. The van der Waals surface area contributed by atoms with Crippen LogP contribution in [-0.4, -0.2) is 48.4 Å². The zero-order valence-corrected chi connectivity index (χ0v) is 26.3. The molecule has 8 nitrogen and oxygen atoms in total. The van der Waals surface area contributed by atoms with E-state index in [1.54, 1.807) is 0 Å². The van der Waals surface area contributed by atoms with Crippen molar-refractivity contribution >= 4 is 40.6 Å². The molecule has 1 aliphatic rings. The number of carbonyl (C=O) groups is 5. The lowest BCUT2D eigenvalue weighted by Gasteiger charge is -2.26. The van der Waals surface area contributed by atoms with Gasteiger partial charge in [0.25, 0.3) is 0 Å². The minimum absolute atomic E-state index is 0.0308. The number of Topliss-reactive ketones (excluding diaryl/α,β-unsaturated/α-hetero) is 1. The van der Waals surface area contributed by atoms with E-state index in [9.17, 15) is 24.0 Å². The van der Waals surface area contributed by atoms with E-state index in [1.165, 1.54) is 0 Å². The fourth-order valence-corrected chi connectivity index (χ4v) is 6.25. The third-order valence-corrected chi connectivity index (χ3v) is 8.52. The van der Waals surface area contributed by atoms with E-state index >= 15 is 0 Å². The maximum absolute atomic E-state index is 14.1. The Morgan fingerprint density at radius 2 is 1.69 bits per heavy atom. The molecule has 1 aliphatic heterocycles. The molecule has 4 rings (SSSR count). The summed E-state index contributed by atoms with van der Waals surface area (Å²) in [6.45, 7) is 4.62. The molecular weight excluding hydrogens is 566 g/mol. The highest BCUT2D eigenvalue weighted by molar-refractivity contribution is 5.94. The van der Waals surface area contributed by atoms with Crippen LogP contribution >= 0.6 is 0 Å². The number of rotatable bonds is 17. The van der Waals surface area contributed by atoms with Gasteiger partial charge in [-0.1, -0.05) is 86.6 Å². The van der Waals surface area contributed by atoms with Crippen molar-refractivity contribution in [3.63, 3.8) is 0 Å². The second-order valence-corrected chi connectivity index (χ2v) is 12.6. The van der Waals surface area contributed by atoms with Gasteiger partial charge >= 0.3 is 0 Å². The molecule has 0 saturated carbocycles. The highest BCUT2D eigenvalue weighted by Gasteiger charge is 2.32. The summed E-state index contributed by atoms with van der Waals surface area (Å²) in [7, 11) is 0. The molecule has 4 atom stereocenters. The Bertz CT molecular complexity index is 1470. The lowest BCUT2D eigenvalue weighted by molar-refractivity contribution is -0.132. The Balaban J connectivity index is 1.53. The van der Waals surface area contributed by atoms with Crippen LogP contribution in [0, 0.1) is 17.8 Å². The lowest BCUT2D eigenvalue weighted by atomic mass is 9.87. The zero-order valence-electron chi connectivity index (χ0n) is 26.3. The molecule has 238 valence electrons. The van der Waals surface area contributed by atoms with Crippen molar-refractivity contribution in [1.29, 1.82) is 0 Å². The predicted octanol–water partition coefficient (Wildman–Crippen LogP) is 4.72. The van der Waals surface area contributed by atoms with Crippen LogP contribution < -0.4 is 16.0 Å². The van der Waals surface area contributed by atoms with Crippen LogP contribution in [0.1, 0.15) is 63.5 Å². The average Bonchev–Trinajstić information content (AvgIpc) is 3.43. The molecule has 1 saturated heterocycles. The van der Waals surface area contributed by atoms with E-state index in [1.807, 2.05) is 86.6 Å². The van der Waals surface area contributed by atoms with E-state index in [2.05, 4.69) is 16.0 Å². The predicted molar refractivity (Wildman–Crippen MR) is 175 cm³/mol. The van der Waals surface area contributed by atoms with Crippen LogP contribution in [0.2, 0.25) is 0 Å². The Morgan fingerprint density at radius 1 is 0.956 bits per heavy atom. The van der Waals surface area contributed by atoms with E-state index in [0.717, 1.165) is 28.2 Å². The van der Waals surface area contributed by atoms with Crippen molar-refractivity contribution in [2.24, 2.45) is 17.8 Å². The molecule has 3 N–H and O–H groups in total. The van der Waals surface area contributed by atoms with Gasteiger partial charge in [0.15, 0.2) is 5.78 Å². The Kier molecular flexibility index (Phi) is 12.4. The highest BCUT2D eigenvalue weighted by Crippen LogP contribution is 2.24. The van der Waals surface area contributed by atoms with Gasteiger partial charge in [-0.15, -0.1) is 0 Å². The molecule has 1 fully saturated rings. The Morgan fingerprint density at radius 3 is 2.40 bits per heavy atom. The normalized spacial score (nSPS) is 16.5. The van der Waals surface area contributed by atoms with Crippen LogP contribution in [-0.2, 0) is 36.8 Å². The summed E-state index contributed by atoms with van der Waals surface area (Å²) < 4.78 is 0. The molecule has 0 spiro atoms. The van der Waals surface area contributed by atoms with E-state index in [-0.39, 0.29) is 60.6 Å². The fraction of sp³-hybridized carbons (Fsp3) is 0.432. The molecule has 0 radical (unpaired) electrons. The summed E-state index contributed by atoms with van der Waals surface area (Å²) in [6.07, 6.45) is 3.56. The molecule has 1 heterocycles. The number of aldehydes is 1. The van der Waals surface area contributed by atoms with Gasteiger partial charge in [-0.3, -0.25) is 19.2 Å². The lowest BCUT2D eigenvalue weighted by Crippen LogP contribution is -2.46. The quantitative estimate of drug-likeness (QED) is 0.191. The van der Waals surface area contributed by atoms with E-state index < -0.39 is 12.0 Å². The van der Waals surface area contributed by atoms with Crippen molar-refractivity contribution in [1.82, 2.24) is 16.0 Å². The molecule has 45 heavy (non-hydrogen) atoms. The zero-order chi connectivity index (χ0) is 32.2. The number of hydrogen-bond donors (Lipinski definition) is 3. The molecule has 3 aromatic rings. The Labute approximate surface area is 265 Å². The summed E-state index contributed by atoms with van der Waals surface area (Å²) in [6, 6.07) is 22.1. The second kappa shape index (κ2) is 16.7. The summed E-state index contributed by atoms with van der Waals surface area (Å²) in [5.74, 6) is -1.43. The second-order valence-electron chi connectivity index (χ2n) is 12.6. The van der Waals surface area contributed by atoms with E-state index in [4.69, 9.17) is 0 Å². The number of amides is 3.